The second-order valence-electron chi connectivity index (χ2n) is 8.59. The summed E-state index contributed by atoms with van der Waals surface area (Å²) in [6.07, 6.45) is 0.767. The Hall–Kier alpha value is -3.29. The average molecular weight is 458 g/mol. The normalized spacial score (nSPS) is 23.5. The van der Waals surface area contributed by atoms with Crippen molar-refractivity contribution in [3.63, 3.8) is 0 Å². The summed E-state index contributed by atoms with van der Waals surface area (Å²) in [5, 5.41) is 13.3. The quantitative estimate of drug-likeness (QED) is 0.494. The fourth-order valence-electron chi connectivity index (χ4n) is 4.49. The summed E-state index contributed by atoms with van der Waals surface area (Å²) in [7, 11) is 2.68. The Morgan fingerprint density at radius 3 is 2.58 bits per heavy atom. The molecule has 0 aromatic heterocycles. The molecule has 1 aromatic rings. The van der Waals surface area contributed by atoms with E-state index in [1.54, 1.807) is 26.0 Å². The minimum Gasteiger partial charge on any atom is -0.504 e. The summed E-state index contributed by atoms with van der Waals surface area (Å²) in [5.41, 5.74) is 2.43. The van der Waals surface area contributed by atoms with Crippen molar-refractivity contribution in [3.8, 4) is 11.5 Å². The number of Topliss-reactive ketones (excluding diaryl/α,β-unsaturated/α-hetero) is 1. The maximum Gasteiger partial charge on any atom is 0.337 e. The molecular formula is C25H31NO7. The number of esters is 2. The van der Waals surface area contributed by atoms with Gasteiger partial charge in [-0.2, -0.15) is 0 Å². The molecule has 4 unspecified atom stereocenters. The van der Waals surface area contributed by atoms with Crippen molar-refractivity contribution < 1.29 is 33.7 Å². The van der Waals surface area contributed by atoms with Crippen LogP contribution in [0.15, 0.2) is 40.7 Å². The summed E-state index contributed by atoms with van der Waals surface area (Å²) in [6, 6.07) is 4.69. The Bertz CT molecular complexity index is 1040. The van der Waals surface area contributed by atoms with E-state index in [2.05, 4.69) is 5.32 Å². The number of nitrogens with one attached hydrogen (secondary N) is 1. The number of ether oxygens (including phenoxy) is 3. The van der Waals surface area contributed by atoms with Gasteiger partial charge >= 0.3 is 11.9 Å². The first kappa shape index (κ1) is 24.4. The highest BCUT2D eigenvalue weighted by Crippen LogP contribution is 2.46. The van der Waals surface area contributed by atoms with Gasteiger partial charge in [0, 0.05) is 22.9 Å². The summed E-state index contributed by atoms with van der Waals surface area (Å²) < 4.78 is 15.8. The van der Waals surface area contributed by atoms with E-state index in [4.69, 9.17) is 14.2 Å². The number of aromatic hydroxyl groups is 1. The molecule has 33 heavy (non-hydrogen) atoms. The number of hydrogen-bond donors (Lipinski definition) is 2. The lowest BCUT2D eigenvalue weighted by Gasteiger charge is -2.38. The number of rotatable bonds is 6. The number of ketones is 1. The first-order valence-electron chi connectivity index (χ1n) is 11.0. The van der Waals surface area contributed by atoms with Gasteiger partial charge in [-0.15, -0.1) is 0 Å². The van der Waals surface area contributed by atoms with Crippen molar-refractivity contribution in [2.24, 2.45) is 11.8 Å². The zero-order valence-electron chi connectivity index (χ0n) is 19.9. The Labute approximate surface area is 193 Å². The third-order valence-electron chi connectivity index (χ3n) is 6.38. The number of benzene rings is 1. The second-order valence-corrected chi connectivity index (χ2v) is 8.59. The number of methoxy groups -OCH3 is 2. The summed E-state index contributed by atoms with van der Waals surface area (Å²) >= 11 is 0. The largest absolute Gasteiger partial charge is 0.504 e. The predicted molar refractivity (Wildman–Crippen MR) is 120 cm³/mol. The van der Waals surface area contributed by atoms with E-state index in [0.717, 1.165) is 0 Å². The van der Waals surface area contributed by atoms with Crippen LogP contribution in [0.2, 0.25) is 0 Å². The van der Waals surface area contributed by atoms with Gasteiger partial charge in [0.25, 0.3) is 0 Å². The molecule has 0 saturated heterocycles. The van der Waals surface area contributed by atoms with E-state index in [1.807, 2.05) is 13.8 Å². The summed E-state index contributed by atoms with van der Waals surface area (Å²) in [6.45, 7) is 7.31. The van der Waals surface area contributed by atoms with Crippen molar-refractivity contribution in [3.05, 3.63) is 46.3 Å². The Kier molecular flexibility index (Phi) is 7.15. The van der Waals surface area contributed by atoms with Gasteiger partial charge in [0.2, 0.25) is 0 Å². The third-order valence-corrected chi connectivity index (χ3v) is 6.38. The van der Waals surface area contributed by atoms with E-state index in [0.29, 0.717) is 35.4 Å². The van der Waals surface area contributed by atoms with Crippen LogP contribution in [0.25, 0.3) is 0 Å². The fourth-order valence-corrected chi connectivity index (χ4v) is 4.49. The topological polar surface area (TPSA) is 111 Å². The molecule has 0 radical (unpaired) electrons. The van der Waals surface area contributed by atoms with Gasteiger partial charge in [0.1, 0.15) is 5.92 Å². The molecule has 3 rings (SSSR count). The standard InChI is InChI=1S/C25H31NO7/c1-7-13(3)33-25(30)20-14(4)26-16-10-12(2)19(24(29)32-6)23(28)22(16)21(20)15-8-9-17(27)18(11-15)31-5/h8-9,11-13,19,21,26-27H,7,10H2,1-6H3. The summed E-state index contributed by atoms with van der Waals surface area (Å²) in [5.74, 6) is -3.42. The molecule has 8 heteroatoms. The Morgan fingerprint density at radius 1 is 1.27 bits per heavy atom. The lowest BCUT2D eigenvalue weighted by molar-refractivity contribution is -0.151. The first-order chi connectivity index (χ1) is 15.6. The van der Waals surface area contributed by atoms with Crippen LogP contribution in [-0.4, -0.2) is 43.2 Å². The monoisotopic (exact) mass is 457 g/mol. The molecule has 2 N–H and O–H groups in total. The maximum atomic E-state index is 13.7. The molecule has 0 spiro atoms. The van der Waals surface area contributed by atoms with Crippen LogP contribution < -0.4 is 10.1 Å². The molecule has 0 saturated carbocycles. The zero-order chi connectivity index (χ0) is 24.4. The minimum absolute atomic E-state index is 0.0650. The van der Waals surface area contributed by atoms with E-state index in [9.17, 15) is 19.5 Å². The van der Waals surface area contributed by atoms with Crippen molar-refractivity contribution in [2.45, 2.75) is 52.6 Å². The molecule has 1 heterocycles. The molecule has 2 aliphatic rings. The zero-order valence-corrected chi connectivity index (χ0v) is 19.9. The van der Waals surface area contributed by atoms with Crippen molar-refractivity contribution >= 4 is 17.7 Å². The first-order valence-corrected chi connectivity index (χ1v) is 11.0. The smallest absolute Gasteiger partial charge is 0.337 e. The number of phenolic OH excluding ortho intramolecular Hbond substituents is 1. The molecule has 0 bridgehead atoms. The second kappa shape index (κ2) is 9.68. The van der Waals surface area contributed by atoms with E-state index >= 15 is 0 Å². The predicted octanol–water partition coefficient (Wildman–Crippen LogP) is 3.36. The Morgan fingerprint density at radius 2 is 1.97 bits per heavy atom. The van der Waals surface area contributed by atoms with Gasteiger partial charge in [-0.25, -0.2) is 4.79 Å². The molecular weight excluding hydrogens is 426 g/mol. The van der Waals surface area contributed by atoms with Crippen LogP contribution >= 0.6 is 0 Å². The molecule has 1 aromatic carbocycles. The van der Waals surface area contributed by atoms with E-state index in [-0.39, 0.29) is 34.9 Å². The van der Waals surface area contributed by atoms with Crippen molar-refractivity contribution in [2.75, 3.05) is 14.2 Å². The number of hydrogen-bond acceptors (Lipinski definition) is 8. The van der Waals surface area contributed by atoms with E-state index < -0.39 is 23.8 Å². The van der Waals surface area contributed by atoms with Crippen LogP contribution in [0.4, 0.5) is 0 Å². The highest BCUT2D eigenvalue weighted by atomic mass is 16.5. The molecule has 4 atom stereocenters. The molecule has 0 fully saturated rings. The van der Waals surface area contributed by atoms with Gasteiger partial charge in [-0.05, 0) is 50.3 Å². The number of allylic oxidation sites excluding steroid dienone is 3. The summed E-state index contributed by atoms with van der Waals surface area (Å²) in [4.78, 5) is 39.4. The maximum absolute atomic E-state index is 13.7. The minimum atomic E-state index is -0.970. The average Bonchev–Trinajstić information content (AvgIpc) is 2.77. The molecule has 1 aliphatic carbocycles. The van der Waals surface area contributed by atoms with Crippen LogP contribution in [0, 0.1) is 11.8 Å². The number of phenols is 1. The molecule has 8 nitrogen and oxygen atoms in total. The van der Waals surface area contributed by atoms with E-state index in [1.165, 1.54) is 20.3 Å². The van der Waals surface area contributed by atoms with Crippen LogP contribution in [0.1, 0.15) is 52.0 Å². The van der Waals surface area contributed by atoms with Crippen LogP contribution in [-0.2, 0) is 23.9 Å². The number of dihydropyridines is 1. The highest BCUT2D eigenvalue weighted by molar-refractivity contribution is 6.12. The van der Waals surface area contributed by atoms with Crippen molar-refractivity contribution in [1.29, 1.82) is 0 Å². The lowest BCUT2D eigenvalue weighted by atomic mass is 9.69. The fraction of sp³-hybridized carbons (Fsp3) is 0.480. The number of carbonyl (C=O) groups excluding carboxylic acids is 3. The highest BCUT2D eigenvalue weighted by Gasteiger charge is 2.47. The lowest BCUT2D eigenvalue weighted by Crippen LogP contribution is -2.43. The third kappa shape index (κ3) is 4.47. The number of carbonyl (C=O) groups is 3. The van der Waals surface area contributed by atoms with Crippen LogP contribution in [0.3, 0.4) is 0 Å². The van der Waals surface area contributed by atoms with Gasteiger partial charge < -0.3 is 24.6 Å². The molecule has 0 amide bonds. The Balaban J connectivity index is 2.20. The van der Waals surface area contributed by atoms with Crippen LogP contribution in [0.5, 0.6) is 11.5 Å². The molecule has 178 valence electrons. The SMILES string of the molecule is CCC(C)OC(=O)C1=C(C)NC2=C(C(=O)C(C(=O)OC)C(C)C2)C1c1ccc(O)c(OC)c1. The molecule has 1 aliphatic heterocycles. The van der Waals surface area contributed by atoms with Gasteiger partial charge in [0.15, 0.2) is 17.3 Å². The van der Waals surface area contributed by atoms with Gasteiger partial charge in [-0.3, -0.25) is 9.59 Å². The van der Waals surface area contributed by atoms with Gasteiger partial charge in [-0.1, -0.05) is 19.9 Å². The van der Waals surface area contributed by atoms with Crippen molar-refractivity contribution in [1.82, 2.24) is 5.32 Å². The van der Waals surface area contributed by atoms with Gasteiger partial charge in [0.05, 0.1) is 25.9 Å².